The lowest BCUT2D eigenvalue weighted by Crippen LogP contribution is -2.67. The Labute approximate surface area is 150 Å². The van der Waals surface area contributed by atoms with Gasteiger partial charge in [-0.2, -0.15) is 0 Å². The van der Waals surface area contributed by atoms with Gasteiger partial charge < -0.3 is 14.2 Å². The summed E-state index contributed by atoms with van der Waals surface area (Å²) in [5.74, 6) is -4.79. The van der Waals surface area contributed by atoms with Crippen LogP contribution in [0.1, 0.15) is 20.8 Å². The van der Waals surface area contributed by atoms with Crippen molar-refractivity contribution in [2.24, 2.45) is 0 Å². The van der Waals surface area contributed by atoms with Crippen LogP contribution in [-0.4, -0.2) is 49.3 Å². The highest BCUT2D eigenvalue weighted by atomic mass is 32.2. The summed E-state index contributed by atoms with van der Waals surface area (Å²) in [5.41, 5.74) is -3.71. The Hall–Kier alpha value is -1.35. The van der Waals surface area contributed by atoms with E-state index in [-0.39, 0.29) is 10.5 Å². The van der Waals surface area contributed by atoms with Crippen molar-refractivity contribution in [1.29, 1.82) is 0 Å². The fourth-order valence-corrected chi connectivity index (χ4v) is 6.25. The number of benzene rings is 1. The molecule has 3 aliphatic rings. The monoisotopic (exact) mass is 386 g/mol. The van der Waals surface area contributed by atoms with E-state index >= 15 is 8.78 Å². The van der Waals surface area contributed by atoms with E-state index in [0.29, 0.717) is 0 Å². The number of alkyl halides is 2. The van der Waals surface area contributed by atoms with E-state index in [9.17, 15) is 8.42 Å². The molecule has 0 aliphatic carbocycles. The predicted octanol–water partition coefficient (Wildman–Crippen LogP) is 2.71. The molecule has 3 heterocycles. The second-order valence-corrected chi connectivity index (χ2v) is 9.69. The van der Waals surface area contributed by atoms with Crippen molar-refractivity contribution in [3.05, 3.63) is 42.5 Å². The first-order valence-electron chi connectivity index (χ1n) is 8.27. The number of fused-ring (bicyclic) bond motifs is 3. The normalized spacial score (nSPS) is 40.4. The molecule has 5 nitrogen and oxygen atoms in total. The third kappa shape index (κ3) is 1.91. The van der Waals surface area contributed by atoms with Gasteiger partial charge in [0.1, 0.15) is 17.0 Å². The van der Waals surface area contributed by atoms with Gasteiger partial charge >= 0.3 is 5.92 Å². The summed E-state index contributed by atoms with van der Waals surface area (Å²) < 4.78 is 73.6. The molecule has 3 saturated heterocycles. The number of hydrogen-bond acceptors (Lipinski definition) is 5. The van der Waals surface area contributed by atoms with Gasteiger partial charge in [-0.25, -0.2) is 17.2 Å². The maximum absolute atomic E-state index is 15.4. The summed E-state index contributed by atoms with van der Waals surface area (Å²) in [6.45, 7) is 7.92. The van der Waals surface area contributed by atoms with E-state index in [1.54, 1.807) is 18.2 Å². The largest absolute Gasteiger partial charge is 0.356 e. The number of sulfone groups is 1. The molecule has 142 valence electrons. The molecule has 26 heavy (non-hydrogen) atoms. The third-order valence-electron chi connectivity index (χ3n) is 5.71. The number of hydrogen-bond donors (Lipinski definition) is 0. The van der Waals surface area contributed by atoms with Gasteiger partial charge in [0, 0.05) is 0 Å². The predicted molar refractivity (Wildman–Crippen MR) is 88.6 cm³/mol. The van der Waals surface area contributed by atoms with Gasteiger partial charge in [-0.3, -0.25) is 0 Å². The number of ether oxygens (including phenoxy) is 3. The molecule has 0 N–H and O–H groups in total. The molecule has 8 heteroatoms. The molecule has 0 amide bonds. The Morgan fingerprint density at radius 1 is 1.15 bits per heavy atom. The molecule has 0 unspecified atom stereocenters. The van der Waals surface area contributed by atoms with Gasteiger partial charge in [0.2, 0.25) is 0 Å². The Morgan fingerprint density at radius 3 is 2.31 bits per heavy atom. The zero-order valence-electron chi connectivity index (χ0n) is 14.7. The van der Waals surface area contributed by atoms with Gasteiger partial charge in [-0.05, 0) is 38.5 Å². The van der Waals surface area contributed by atoms with Crippen molar-refractivity contribution in [3.63, 3.8) is 0 Å². The summed E-state index contributed by atoms with van der Waals surface area (Å²) in [6, 6.07) is 7.50. The maximum atomic E-state index is 15.4. The van der Waals surface area contributed by atoms with Crippen LogP contribution in [0.25, 0.3) is 0 Å². The van der Waals surface area contributed by atoms with Crippen molar-refractivity contribution in [3.8, 4) is 0 Å². The van der Waals surface area contributed by atoms with Gasteiger partial charge in [0.05, 0.1) is 11.5 Å². The van der Waals surface area contributed by atoms with Gasteiger partial charge in [-0.15, -0.1) is 0 Å². The van der Waals surface area contributed by atoms with Crippen molar-refractivity contribution in [2.75, 3.05) is 6.61 Å². The fraction of sp³-hybridized carbons (Fsp3) is 0.556. The lowest BCUT2D eigenvalue weighted by atomic mass is 9.70. The zero-order chi connectivity index (χ0) is 19.2. The van der Waals surface area contributed by atoms with Crippen LogP contribution in [-0.2, 0) is 24.0 Å². The molecule has 1 aromatic carbocycles. The minimum atomic E-state index is -4.10. The molecular weight excluding hydrogens is 366 g/mol. The van der Waals surface area contributed by atoms with Crippen LogP contribution in [0.5, 0.6) is 0 Å². The molecule has 3 aliphatic heterocycles. The summed E-state index contributed by atoms with van der Waals surface area (Å²) in [6.07, 6.45) is -1.89. The first-order valence-corrected chi connectivity index (χ1v) is 9.82. The van der Waals surface area contributed by atoms with E-state index in [0.717, 1.165) is 0 Å². The Kier molecular flexibility index (Phi) is 3.41. The highest BCUT2D eigenvalue weighted by molar-refractivity contribution is 7.92. The maximum Gasteiger partial charge on any atom is 0.309 e. The second kappa shape index (κ2) is 4.92. The molecule has 0 saturated carbocycles. The second-order valence-electron chi connectivity index (χ2n) is 7.62. The molecule has 1 aromatic rings. The zero-order valence-corrected chi connectivity index (χ0v) is 15.5. The molecule has 1 spiro atoms. The topological polar surface area (TPSA) is 61.8 Å². The standard InChI is InChI=1S/C18H20F2O5S/c1-11-13(26(21,22)12-8-6-5-7-9-12)14-18(19,20)17(16(11,4)24-14)10-23-15(2,3)25-17/h5-9,13-14H,1,10H2,2-4H3/t13-,14-,16+,17-/m1/s1. The Bertz CT molecular complexity index is 882. The van der Waals surface area contributed by atoms with E-state index in [4.69, 9.17) is 14.2 Å². The summed E-state index contributed by atoms with van der Waals surface area (Å²) >= 11 is 0. The highest BCUT2D eigenvalue weighted by Gasteiger charge is 2.86. The van der Waals surface area contributed by atoms with Crippen molar-refractivity contribution < 1.29 is 31.4 Å². The van der Waals surface area contributed by atoms with Crippen molar-refractivity contribution >= 4 is 9.84 Å². The molecule has 2 bridgehead atoms. The smallest absolute Gasteiger partial charge is 0.309 e. The third-order valence-corrected chi connectivity index (χ3v) is 7.84. The van der Waals surface area contributed by atoms with Crippen LogP contribution in [0.15, 0.2) is 47.4 Å². The van der Waals surface area contributed by atoms with Crippen LogP contribution >= 0.6 is 0 Å². The first kappa shape index (κ1) is 18.0. The Morgan fingerprint density at radius 2 is 1.77 bits per heavy atom. The fourth-order valence-electron chi connectivity index (χ4n) is 4.27. The summed E-state index contributed by atoms with van der Waals surface area (Å²) in [4.78, 5) is -0.0420. The van der Waals surface area contributed by atoms with Crippen molar-refractivity contribution in [2.45, 2.75) is 59.9 Å². The van der Waals surface area contributed by atoms with Crippen LogP contribution in [0.3, 0.4) is 0 Å². The molecule has 4 atom stereocenters. The van der Waals surface area contributed by atoms with Crippen LogP contribution in [0.4, 0.5) is 8.78 Å². The molecular formula is C18H20F2O5S. The Balaban J connectivity index is 1.83. The number of halogens is 2. The van der Waals surface area contributed by atoms with E-state index < -0.39 is 50.7 Å². The van der Waals surface area contributed by atoms with Crippen molar-refractivity contribution in [1.82, 2.24) is 0 Å². The average Bonchev–Trinajstić information content (AvgIpc) is 3.10. The molecule has 3 fully saturated rings. The van der Waals surface area contributed by atoms with E-state index in [2.05, 4.69) is 6.58 Å². The lowest BCUT2D eigenvalue weighted by molar-refractivity contribution is -0.237. The highest BCUT2D eigenvalue weighted by Crippen LogP contribution is 2.66. The summed E-state index contributed by atoms with van der Waals surface area (Å²) in [7, 11) is -4.10. The van der Waals surface area contributed by atoms with Crippen LogP contribution in [0, 0.1) is 0 Å². The first-order chi connectivity index (χ1) is 11.9. The summed E-state index contributed by atoms with van der Waals surface area (Å²) in [5, 5.41) is -1.55. The molecule has 0 radical (unpaired) electrons. The quantitative estimate of drug-likeness (QED) is 0.732. The van der Waals surface area contributed by atoms with Crippen LogP contribution < -0.4 is 0 Å². The number of rotatable bonds is 2. The van der Waals surface area contributed by atoms with Gasteiger partial charge in [0.25, 0.3) is 0 Å². The van der Waals surface area contributed by atoms with E-state index in [1.807, 2.05) is 0 Å². The van der Waals surface area contributed by atoms with Crippen LogP contribution in [0.2, 0.25) is 0 Å². The van der Waals surface area contributed by atoms with E-state index in [1.165, 1.54) is 32.9 Å². The molecule has 4 rings (SSSR count). The minimum absolute atomic E-state index is 0.0420. The SMILES string of the molecule is C=C1[C@@H](S(=O)(=O)c2ccccc2)[C@H]2O[C@]1(C)[C@]1(COC(C)(C)O1)C2(F)F. The average molecular weight is 386 g/mol. The van der Waals surface area contributed by atoms with Gasteiger partial charge in [-0.1, -0.05) is 24.8 Å². The van der Waals surface area contributed by atoms with Gasteiger partial charge in [0.15, 0.2) is 21.2 Å². The minimum Gasteiger partial charge on any atom is -0.356 e. The lowest BCUT2D eigenvalue weighted by Gasteiger charge is -2.45. The molecule has 0 aromatic heterocycles.